The molecule has 100 valence electrons. The van der Waals surface area contributed by atoms with Crippen molar-refractivity contribution >= 4 is 11.9 Å². The summed E-state index contributed by atoms with van der Waals surface area (Å²) in [6.45, 7) is 3.16. The monoisotopic (exact) mass is 253 g/mol. The van der Waals surface area contributed by atoms with Crippen molar-refractivity contribution < 1.29 is 14.3 Å². The first-order valence-corrected chi connectivity index (χ1v) is 5.91. The largest absolute Gasteiger partial charge is 0.478 e. The number of methoxy groups -OCH3 is 1. The fourth-order valence-corrected chi connectivity index (χ4v) is 1.26. The number of aromatic nitrogens is 2. The van der Waals surface area contributed by atoms with E-state index >= 15 is 0 Å². The molecule has 6 nitrogen and oxygen atoms in total. The van der Waals surface area contributed by atoms with E-state index in [1.165, 1.54) is 7.11 Å². The predicted molar refractivity (Wildman–Crippen MR) is 67.7 cm³/mol. The minimum Gasteiger partial charge on any atom is -0.478 e. The van der Waals surface area contributed by atoms with Crippen LogP contribution in [0.3, 0.4) is 0 Å². The van der Waals surface area contributed by atoms with Crippen molar-refractivity contribution in [2.45, 2.75) is 19.8 Å². The zero-order valence-electron chi connectivity index (χ0n) is 11.0. The van der Waals surface area contributed by atoms with Gasteiger partial charge in [0, 0.05) is 25.9 Å². The van der Waals surface area contributed by atoms with Gasteiger partial charge in [-0.1, -0.05) is 6.92 Å². The topological polar surface area (TPSA) is 64.5 Å². The second kappa shape index (κ2) is 7.47. The molecule has 18 heavy (non-hydrogen) atoms. The molecule has 0 aliphatic carbocycles. The van der Waals surface area contributed by atoms with Crippen LogP contribution in [0, 0.1) is 0 Å². The molecule has 0 aliphatic heterocycles. The number of nitrogens with zero attached hydrogens (tertiary/aromatic N) is 3. The molecule has 0 atom stereocenters. The number of hydrogen-bond acceptors (Lipinski definition) is 6. The summed E-state index contributed by atoms with van der Waals surface area (Å²) < 4.78 is 10.0. The van der Waals surface area contributed by atoms with Gasteiger partial charge < -0.3 is 14.4 Å². The number of carbonyl (C=O) groups is 1. The first-order valence-electron chi connectivity index (χ1n) is 5.91. The van der Waals surface area contributed by atoms with E-state index < -0.39 is 0 Å². The van der Waals surface area contributed by atoms with Crippen LogP contribution in [-0.2, 0) is 9.53 Å². The lowest BCUT2D eigenvalue weighted by molar-refractivity contribution is -0.140. The van der Waals surface area contributed by atoms with Crippen molar-refractivity contribution in [3.05, 3.63) is 12.3 Å². The highest BCUT2D eigenvalue weighted by atomic mass is 16.5. The Labute approximate surface area is 107 Å². The molecule has 0 spiro atoms. The van der Waals surface area contributed by atoms with Gasteiger partial charge in [0.05, 0.1) is 20.1 Å². The third kappa shape index (κ3) is 4.57. The Morgan fingerprint density at radius 1 is 1.50 bits per heavy atom. The van der Waals surface area contributed by atoms with E-state index in [0.717, 1.165) is 6.42 Å². The quantitative estimate of drug-likeness (QED) is 0.682. The third-order valence-corrected chi connectivity index (χ3v) is 2.29. The van der Waals surface area contributed by atoms with Crippen LogP contribution in [0.4, 0.5) is 5.95 Å². The third-order valence-electron chi connectivity index (χ3n) is 2.29. The van der Waals surface area contributed by atoms with E-state index in [9.17, 15) is 4.79 Å². The van der Waals surface area contributed by atoms with Crippen molar-refractivity contribution in [3.8, 4) is 5.88 Å². The van der Waals surface area contributed by atoms with Crippen LogP contribution in [0.5, 0.6) is 5.88 Å². The Morgan fingerprint density at radius 3 is 2.94 bits per heavy atom. The molecule has 1 aromatic heterocycles. The normalized spacial score (nSPS) is 9.94. The van der Waals surface area contributed by atoms with Gasteiger partial charge in [0.25, 0.3) is 0 Å². The van der Waals surface area contributed by atoms with Crippen LogP contribution in [0.15, 0.2) is 12.3 Å². The Balaban J connectivity index is 2.56. The van der Waals surface area contributed by atoms with Gasteiger partial charge in [-0.2, -0.15) is 4.98 Å². The van der Waals surface area contributed by atoms with Crippen LogP contribution in [-0.4, -0.2) is 43.2 Å². The van der Waals surface area contributed by atoms with E-state index in [-0.39, 0.29) is 5.97 Å². The van der Waals surface area contributed by atoms with Crippen molar-refractivity contribution in [3.63, 3.8) is 0 Å². The van der Waals surface area contributed by atoms with Gasteiger partial charge in [-0.05, 0) is 6.42 Å². The molecule has 1 heterocycles. The smallest absolute Gasteiger partial charge is 0.307 e. The summed E-state index contributed by atoms with van der Waals surface area (Å²) in [4.78, 5) is 21.2. The molecule has 0 aromatic carbocycles. The van der Waals surface area contributed by atoms with Crippen LogP contribution in [0.1, 0.15) is 19.8 Å². The number of rotatable bonds is 7. The molecular weight excluding hydrogens is 234 g/mol. The molecule has 0 amide bonds. The van der Waals surface area contributed by atoms with Gasteiger partial charge in [-0.25, -0.2) is 4.98 Å². The lowest BCUT2D eigenvalue weighted by Gasteiger charge is -2.16. The zero-order chi connectivity index (χ0) is 13.4. The molecule has 6 heteroatoms. The molecule has 0 radical (unpaired) electrons. The molecule has 1 aromatic rings. The molecule has 0 fully saturated rings. The van der Waals surface area contributed by atoms with E-state index in [1.54, 1.807) is 17.2 Å². The summed E-state index contributed by atoms with van der Waals surface area (Å²) in [5, 5.41) is 0. The average molecular weight is 253 g/mol. The Kier molecular flexibility index (Phi) is 5.90. The molecule has 1 rings (SSSR count). The van der Waals surface area contributed by atoms with Crippen molar-refractivity contribution in [1.82, 2.24) is 9.97 Å². The highest BCUT2D eigenvalue weighted by Gasteiger charge is 2.08. The summed E-state index contributed by atoms with van der Waals surface area (Å²) >= 11 is 0. The van der Waals surface area contributed by atoms with E-state index in [4.69, 9.17) is 4.74 Å². The SMILES string of the molecule is CCCOc1ccnc(N(C)CCC(=O)OC)n1. The minimum atomic E-state index is -0.250. The van der Waals surface area contributed by atoms with Crippen LogP contribution >= 0.6 is 0 Å². The van der Waals surface area contributed by atoms with Crippen molar-refractivity contribution in [1.29, 1.82) is 0 Å². The predicted octanol–water partition coefficient (Wildman–Crippen LogP) is 1.26. The summed E-state index contributed by atoms with van der Waals surface area (Å²) in [7, 11) is 3.19. The van der Waals surface area contributed by atoms with Crippen molar-refractivity contribution in [2.24, 2.45) is 0 Å². The van der Waals surface area contributed by atoms with Gasteiger partial charge in [0.15, 0.2) is 0 Å². The van der Waals surface area contributed by atoms with Gasteiger partial charge >= 0.3 is 5.97 Å². The zero-order valence-corrected chi connectivity index (χ0v) is 11.0. The van der Waals surface area contributed by atoms with E-state index in [0.29, 0.717) is 31.4 Å². The number of anilines is 1. The lowest BCUT2D eigenvalue weighted by Crippen LogP contribution is -2.23. The number of esters is 1. The van der Waals surface area contributed by atoms with Crippen LogP contribution in [0.2, 0.25) is 0 Å². The first kappa shape index (κ1) is 14.2. The number of ether oxygens (including phenoxy) is 2. The van der Waals surface area contributed by atoms with E-state index in [2.05, 4.69) is 14.7 Å². The Hall–Kier alpha value is -1.85. The Bertz CT molecular complexity index is 385. The second-order valence-electron chi connectivity index (χ2n) is 3.79. The summed E-state index contributed by atoms with van der Waals surface area (Å²) in [5.74, 6) is 0.833. The highest BCUT2D eigenvalue weighted by Crippen LogP contribution is 2.11. The van der Waals surface area contributed by atoms with Crippen LogP contribution < -0.4 is 9.64 Å². The summed E-state index contributed by atoms with van der Waals surface area (Å²) in [5.41, 5.74) is 0. The fraction of sp³-hybridized carbons (Fsp3) is 0.583. The van der Waals surface area contributed by atoms with Gasteiger partial charge in [0.1, 0.15) is 0 Å². The summed E-state index contributed by atoms with van der Waals surface area (Å²) in [6.07, 6.45) is 2.87. The van der Waals surface area contributed by atoms with Gasteiger partial charge in [-0.3, -0.25) is 4.79 Å². The van der Waals surface area contributed by atoms with Crippen molar-refractivity contribution in [2.75, 3.05) is 32.2 Å². The molecular formula is C12H19N3O3. The van der Waals surface area contributed by atoms with E-state index in [1.807, 2.05) is 14.0 Å². The highest BCUT2D eigenvalue weighted by molar-refractivity contribution is 5.69. The fourth-order valence-electron chi connectivity index (χ4n) is 1.26. The molecule has 0 saturated carbocycles. The average Bonchev–Trinajstić information content (AvgIpc) is 2.42. The minimum absolute atomic E-state index is 0.250. The second-order valence-corrected chi connectivity index (χ2v) is 3.79. The maximum absolute atomic E-state index is 11.0. The first-order chi connectivity index (χ1) is 8.67. The molecule has 0 aliphatic rings. The van der Waals surface area contributed by atoms with Gasteiger partial charge in [0.2, 0.25) is 11.8 Å². The molecule has 0 unspecified atom stereocenters. The molecule has 0 N–H and O–H groups in total. The van der Waals surface area contributed by atoms with Crippen LogP contribution in [0.25, 0.3) is 0 Å². The summed E-state index contributed by atoms with van der Waals surface area (Å²) in [6, 6.07) is 1.72. The standard InChI is InChI=1S/C12H19N3O3/c1-4-9-18-10-5-7-13-12(14-10)15(2)8-6-11(16)17-3/h5,7H,4,6,8-9H2,1-3H3. The molecule has 0 saturated heterocycles. The number of hydrogen-bond donors (Lipinski definition) is 0. The number of carbonyl (C=O) groups excluding carboxylic acids is 1. The van der Waals surface area contributed by atoms with Gasteiger partial charge in [-0.15, -0.1) is 0 Å². The maximum Gasteiger partial charge on any atom is 0.307 e. The lowest BCUT2D eigenvalue weighted by atomic mass is 10.4. The maximum atomic E-state index is 11.0. The Morgan fingerprint density at radius 2 is 2.28 bits per heavy atom. The molecule has 0 bridgehead atoms.